The van der Waals surface area contributed by atoms with E-state index in [2.05, 4.69) is 20.5 Å². The molecule has 1 fully saturated rings. The Morgan fingerprint density at radius 3 is 2.70 bits per heavy atom. The van der Waals surface area contributed by atoms with Crippen LogP contribution in [0.25, 0.3) is 10.6 Å². The van der Waals surface area contributed by atoms with Crippen LogP contribution in [-0.2, 0) is 4.79 Å². The molecule has 2 amide bonds. The molecule has 0 spiro atoms. The molecule has 1 N–H and O–H groups in total. The van der Waals surface area contributed by atoms with Crippen LogP contribution in [0.3, 0.4) is 0 Å². The zero-order valence-electron chi connectivity index (χ0n) is 17.0. The predicted molar refractivity (Wildman–Crippen MR) is 116 cm³/mol. The number of rotatable bonds is 4. The standard InChI is InChI=1S/C22H23N5O2S/c1-14-7-5-10-18(23-14)22(29)27-12-4-3-11-19(27)20(28)24-17-9-6-8-16(13-17)21-26-25-15(2)30-21/h5-10,13,19H,3-4,11-12H2,1-2H3,(H,24,28). The molecule has 154 valence electrons. The van der Waals surface area contributed by atoms with Gasteiger partial charge in [0.15, 0.2) is 0 Å². The van der Waals surface area contributed by atoms with Crippen molar-refractivity contribution < 1.29 is 9.59 Å². The van der Waals surface area contributed by atoms with E-state index in [-0.39, 0.29) is 11.8 Å². The Kier molecular flexibility index (Phi) is 5.85. The molecule has 1 saturated heterocycles. The minimum atomic E-state index is -0.513. The minimum absolute atomic E-state index is 0.179. The second-order valence-corrected chi connectivity index (χ2v) is 8.55. The number of nitrogens with zero attached hydrogens (tertiary/aromatic N) is 4. The fourth-order valence-electron chi connectivity index (χ4n) is 3.63. The highest BCUT2D eigenvalue weighted by Crippen LogP contribution is 2.26. The van der Waals surface area contributed by atoms with E-state index in [1.54, 1.807) is 11.0 Å². The van der Waals surface area contributed by atoms with Gasteiger partial charge in [-0.05, 0) is 57.4 Å². The van der Waals surface area contributed by atoms with E-state index in [1.807, 2.05) is 50.2 Å². The minimum Gasteiger partial charge on any atom is -0.325 e. The summed E-state index contributed by atoms with van der Waals surface area (Å²) in [6, 6.07) is 12.4. The third-order valence-corrected chi connectivity index (χ3v) is 5.96. The zero-order chi connectivity index (χ0) is 21.1. The molecular formula is C22H23N5O2S. The average molecular weight is 422 g/mol. The second-order valence-electron chi connectivity index (χ2n) is 7.37. The molecule has 0 bridgehead atoms. The van der Waals surface area contributed by atoms with Crippen LogP contribution in [0.2, 0.25) is 0 Å². The Hall–Kier alpha value is -3.13. The fraction of sp³-hybridized carbons (Fsp3) is 0.318. The first-order chi connectivity index (χ1) is 14.5. The lowest BCUT2D eigenvalue weighted by Crippen LogP contribution is -2.50. The maximum absolute atomic E-state index is 13.1. The van der Waals surface area contributed by atoms with Gasteiger partial charge in [0.1, 0.15) is 21.8 Å². The number of aryl methyl sites for hydroxylation is 2. The van der Waals surface area contributed by atoms with E-state index < -0.39 is 6.04 Å². The molecule has 1 atom stereocenters. The number of hydrogen-bond acceptors (Lipinski definition) is 6. The molecular weight excluding hydrogens is 398 g/mol. The molecule has 0 radical (unpaired) electrons. The summed E-state index contributed by atoms with van der Waals surface area (Å²) in [5, 5.41) is 12.9. The number of amides is 2. The number of likely N-dealkylation sites (tertiary alicyclic amines) is 1. The number of carbonyl (C=O) groups excluding carboxylic acids is 2. The number of anilines is 1. The second kappa shape index (κ2) is 8.71. The Morgan fingerprint density at radius 2 is 1.93 bits per heavy atom. The number of benzene rings is 1. The van der Waals surface area contributed by atoms with Gasteiger partial charge in [-0.2, -0.15) is 0 Å². The van der Waals surface area contributed by atoms with Crippen molar-refractivity contribution in [2.45, 2.75) is 39.2 Å². The monoisotopic (exact) mass is 421 g/mol. The van der Waals surface area contributed by atoms with Crippen molar-refractivity contribution in [3.05, 3.63) is 58.9 Å². The Labute approximate surface area is 179 Å². The molecule has 4 rings (SSSR count). The summed E-state index contributed by atoms with van der Waals surface area (Å²) in [5.41, 5.74) is 2.74. The fourth-order valence-corrected chi connectivity index (χ4v) is 4.31. The number of aromatic nitrogens is 3. The number of carbonyl (C=O) groups is 2. The molecule has 0 aliphatic carbocycles. The Balaban J connectivity index is 1.52. The largest absolute Gasteiger partial charge is 0.325 e. The summed E-state index contributed by atoms with van der Waals surface area (Å²) >= 11 is 1.50. The molecule has 30 heavy (non-hydrogen) atoms. The van der Waals surface area contributed by atoms with Gasteiger partial charge >= 0.3 is 0 Å². The third kappa shape index (κ3) is 4.38. The topological polar surface area (TPSA) is 88.1 Å². The van der Waals surface area contributed by atoms with Crippen LogP contribution in [-0.4, -0.2) is 44.5 Å². The van der Waals surface area contributed by atoms with Crippen molar-refractivity contribution in [1.29, 1.82) is 0 Å². The number of nitrogens with one attached hydrogen (secondary N) is 1. The van der Waals surface area contributed by atoms with Crippen LogP contribution in [0.1, 0.15) is 40.5 Å². The maximum Gasteiger partial charge on any atom is 0.273 e. The van der Waals surface area contributed by atoms with E-state index in [9.17, 15) is 9.59 Å². The van der Waals surface area contributed by atoms with Gasteiger partial charge < -0.3 is 10.2 Å². The average Bonchev–Trinajstić information content (AvgIpc) is 3.20. The molecule has 3 heterocycles. The van der Waals surface area contributed by atoms with Gasteiger partial charge in [0.2, 0.25) is 5.91 Å². The van der Waals surface area contributed by atoms with Crippen molar-refractivity contribution >= 4 is 28.8 Å². The lowest BCUT2D eigenvalue weighted by molar-refractivity contribution is -0.121. The molecule has 2 aromatic heterocycles. The molecule has 1 aliphatic heterocycles. The van der Waals surface area contributed by atoms with E-state index in [0.717, 1.165) is 34.1 Å². The first-order valence-corrected chi connectivity index (χ1v) is 10.8. The summed E-state index contributed by atoms with van der Waals surface area (Å²) in [6.45, 7) is 4.31. The summed E-state index contributed by atoms with van der Waals surface area (Å²) in [4.78, 5) is 32.1. The lowest BCUT2D eigenvalue weighted by Gasteiger charge is -2.34. The van der Waals surface area contributed by atoms with Crippen molar-refractivity contribution in [1.82, 2.24) is 20.1 Å². The SMILES string of the molecule is Cc1cccc(C(=O)N2CCCCC2C(=O)Nc2cccc(-c3nnc(C)s3)c2)n1. The summed E-state index contributed by atoms with van der Waals surface area (Å²) in [5.74, 6) is -0.377. The van der Waals surface area contributed by atoms with Gasteiger partial charge in [-0.25, -0.2) is 4.98 Å². The normalized spacial score (nSPS) is 16.3. The van der Waals surface area contributed by atoms with Gasteiger partial charge in [0.05, 0.1) is 0 Å². The molecule has 8 heteroatoms. The van der Waals surface area contributed by atoms with Crippen LogP contribution < -0.4 is 5.32 Å². The summed E-state index contributed by atoms with van der Waals surface area (Å²) < 4.78 is 0. The first-order valence-electron chi connectivity index (χ1n) is 9.97. The molecule has 7 nitrogen and oxygen atoms in total. The highest BCUT2D eigenvalue weighted by Gasteiger charge is 2.33. The molecule has 1 aliphatic rings. The van der Waals surface area contributed by atoms with Crippen molar-refractivity contribution in [2.75, 3.05) is 11.9 Å². The highest BCUT2D eigenvalue weighted by atomic mass is 32.1. The number of hydrogen-bond donors (Lipinski definition) is 1. The quantitative estimate of drug-likeness (QED) is 0.691. The lowest BCUT2D eigenvalue weighted by atomic mass is 10.0. The zero-order valence-corrected chi connectivity index (χ0v) is 17.8. The van der Waals surface area contributed by atoms with Crippen LogP contribution in [0.5, 0.6) is 0 Å². The smallest absolute Gasteiger partial charge is 0.273 e. The molecule has 3 aromatic rings. The third-order valence-electron chi connectivity index (χ3n) is 5.08. The van der Waals surface area contributed by atoms with Gasteiger partial charge in [-0.15, -0.1) is 10.2 Å². The van der Waals surface area contributed by atoms with Gasteiger partial charge in [-0.1, -0.05) is 29.5 Å². The number of pyridine rings is 1. The van der Waals surface area contributed by atoms with Crippen LogP contribution in [0.15, 0.2) is 42.5 Å². The summed E-state index contributed by atoms with van der Waals surface area (Å²) in [6.07, 6.45) is 2.43. The molecule has 1 unspecified atom stereocenters. The Bertz CT molecular complexity index is 1080. The van der Waals surface area contributed by atoms with Crippen LogP contribution >= 0.6 is 11.3 Å². The first kappa shape index (κ1) is 20.2. The van der Waals surface area contributed by atoms with E-state index in [4.69, 9.17) is 0 Å². The van der Waals surface area contributed by atoms with Gasteiger partial charge in [0, 0.05) is 23.5 Å². The van der Waals surface area contributed by atoms with Crippen LogP contribution in [0, 0.1) is 13.8 Å². The predicted octanol–water partition coefficient (Wildman–Crippen LogP) is 3.85. The Morgan fingerprint density at radius 1 is 1.10 bits per heavy atom. The summed E-state index contributed by atoms with van der Waals surface area (Å²) in [7, 11) is 0. The molecule has 1 aromatic carbocycles. The van der Waals surface area contributed by atoms with Crippen molar-refractivity contribution in [3.63, 3.8) is 0 Å². The van der Waals surface area contributed by atoms with E-state index in [1.165, 1.54) is 11.3 Å². The maximum atomic E-state index is 13.1. The van der Waals surface area contributed by atoms with E-state index >= 15 is 0 Å². The molecule has 0 saturated carbocycles. The van der Waals surface area contributed by atoms with E-state index in [0.29, 0.717) is 24.3 Å². The van der Waals surface area contributed by atoms with Crippen molar-refractivity contribution in [2.24, 2.45) is 0 Å². The van der Waals surface area contributed by atoms with Gasteiger partial charge in [0.25, 0.3) is 5.91 Å². The van der Waals surface area contributed by atoms with Crippen LogP contribution in [0.4, 0.5) is 5.69 Å². The number of piperidine rings is 1. The van der Waals surface area contributed by atoms with Crippen molar-refractivity contribution in [3.8, 4) is 10.6 Å². The highest BCUT2D eigenvalue weighted by molar-refractivity contribution is 7.14. The van der Waals surface area contributed by atoms with Gasteiger partial charge in [-0.3, -0.25) is 9.59 Å².